The number of carbonyl (C=O) groups excluding carboxylic acids is 1. The second-order valence-electron chi connectivity index (χ2n) is 3.73. The number of pyridine rings is 1. The predicted octanol–water partition coefficient (Wildman–Crippen LogP) is 2.09. The van der Waals surface area contributed by atoms with Crippen molar-refractivity contribution in [2.45, 2.75) is 0 Å². The molecule has 0 unspecified atom stereocenters. The number of nitro benzene ring substituents is 1. The van der Waals surface area contributed by atoms with E-state index in [4.69, 9.17) is 0 Å². The Kier molecular flexibility index (Phi) is 3.56. The van der Waals surface area contributed by atoms with Gasteiger partial charge in [-0.2, -0.15) is 4.39 Å². The summed E-state index contributed by atoms with van der Waals surface area (Å²) in [6.07, 6.45) is 0. The van der Waals surface area contributed by atoms with Crippen molar-refractivity contribution in [1.29, 1.82) is 0 Å². The van der Waals surface area contributed by atoms with Gasteiger partial charge in [0.05, 0.1) is 4.92 Å². The topological polar surface area (TPSA) is 105 Å². The van der Waals surface area contributed by atoms with Crippen LogP contribution in [-0.2, 0) is 0 Å². The number of hydrogen-bond acceptors (Lipinski definition) is 5. The van der Waals surface area contributed by atoms with Gasteiger partial charge in [0.1, 0.15) is 11.4 Å². The quantitative estimate of drug-likeness (QED) is 0.387. The van der Waals surface area contributed by atoms with Crippen LogP contribution >= 0.6 is 0 Å². The first-order chi connectivity index (χ1) is 9.49. The molecule has 102 valence electrons. The van der Waals surface area contributed by atoms with Gasteiger partial charge in [0.2, 0.25) is 5.95 Å². The number of para-hydroxylation sites is 1. The third-order valence-electron chi connectivity index (χ3n) is 2.40. The molecule has 0 aliphatic carbocycles. The third-order valence-corrected chi connectivity index (χ3v) is 2.40. The predicted molar refractivity (Wildman–Crippen MR) is 66.9 cm³/mol. The highest BCUT2D eigenvalue weighted by Crippen LogP contribution is 2.33. The van der Waals surface area contributed by atoms with Gasteiger partial charge >= 0.3 is 0 Å². The summed E-state index contributed by atoms with van der Waals surface area (Å²) >= 11 is 0. The van der Waals surface area contributed by atoms with E-state index in [-0.39, 0.29) is 11.4 Å². The zero-order chi connectivity index (χ0) is 14.7. The lowest BCUT2D eigenvalue weighted by Crippen LogP contribution is -2.15. The largest absolute Gasteiger partial charge is 0.505 e. The summed E-state index contributed by atoms with van der Waals surface area (Å²) in [7, 11) is 0. The van der Waals surface area contributed by atoms with Crippen LogP contribution in [0.1, 0.15) is 10.5 Å². The van der Waals surface area contributed by atoms with Crippen LogP contribution in [0, 0.1) is 16.1 Å². The number of hydrogen-bond donors (Lipinski definition) is 2. The van der Waals surface area contributed by atoms with Gasteiger partial charge in [0.25, 0.3) is 11.6 Å². The summed E-state index contributed by atoms with van der Waals surface area (Å²) in [5, 5.41) is 22.5. The van der Waals surface area contributed by atoms with Crippen LogP contribution < -0.4 is 5.32 Å². The first kappa shape index (κ1) is 13.4. The molecule has 2 aromatic rings. The first-order valence-corrected chi connectivity index (χ1v) is 5.39. The number of nitrogens with zero attached hydrogens (tertiary/aromatic N) is 2. The second-order valence-corrected chi connectivity index (χ2v) is 3.73. The summed E-state index contributed by atoms with van der Waals surface area (Å²) in [6.45, 7) is 0. The van der Waals surface area contributed by atoms with Crippen LogP contribution in [0.4, 0.5) is 15.8 Å². The fraction of sp³-hybridized carbons (Fsp3) is 0. The Bertz CT molecular complexity index is 690. The molecule has 0 saturated heterocycles. The van der Waals surface area contributed by atoms with Gasteiger partial charge in [0, 0.05) is 6.07 Å². The summed E-state index contributed by atoms with van der Waals surface area (Å²) < 4.78 is 12.9. The molecule has 8 heteroatoms. The molecule has 1 amide bonds. The highest BCUT2D eigenvalue weighted by Gasteiger charge is 2.20. The van der Waals surface area contributed by atoms with Crippen LogP contribution in [0.3, 0.4) is 0 Å². The number of nitro groups is 1. The van der Waals surface area contributed by atoms with E-state index in [2.05, 4.69) is 10.3 Å². The van der Waals surface area contributed by atoms with Crippen molar-refractivity contribution in [2.24, 2.45) is 0 Å². The Morgan fingerprint density at radius 1 is 1.30 bits per heavy atom. The molecular formula is C12H8FN3O4. The molecule has 1 heterocycles. The van der Waals surface area contributed by atoms with Gasteiger partial charge in [-0.05, 0) is 18.2 Å². The zero-order valence-electron chi connectivity index (χ0n) is 9.91. The van der Waals surface area contributed by atoms with Crippen molar-refractivity contribution in [2.75, 3.05) is 5.32 Å². The number of benzene rings is 1. The van der Waals surface area contributed by atoms with E-state index < -0.39 is 28.2 Å². The maximum Gasteiger partial charge on any atom is 0.296 e. The molecule has 1 aromatic heterocycles. The van der Waals surface area contributed by atoms with Crippen molar-refractivity contribution in [3.05, 3.63) is 58.2 Å². The molecule has 0 spiro atoms. The number of amides is 1. The van der Waals surface area contributed by atoms with E-state index >= 15 is 0 Å². The number of phenolic OH excluding ortho intramolecular Hbond substituents is 1. The van der Waals surface area contributed by atoms with Crippen molar-refractivity contribution < 1.29 is 19.2 Å². The monoisotopic (exact) mass is 277 g/mol. The molecule has 2 N–H and O–H groups in total. The fourth-order valence-corrected chi connectivity index (χ4v) is 1.52. The van der Waals surface area contributed by atoms with Crippen LogP contribution in [0.2, 0.25) is 0 Å². The molecule has 20 heavy (non-hydrogen) atoms. The van der Waals surface area contributed by atoms with Crippen LogP contribution in [0.15, 0.2) is 36.4 Å². The minimum Gasteiger partial charge on any atom is -0.505 e. The molecule has 0 bridgehead atoms. The molecule has 0 aliphatic heterocycles. The van der Waals surface area contributed by atoms with Gasteiger partial charge in [-0.25, -0.2) is 4.98 Å². The van der Waals surface area contributed by atoms with Gasteiger partial charge in [-0.15, -0.1) is 0 Å². The SMILES string of the molecule is O=C(Nc1c(O)cccc1[N+](=O)[O-])c1cccc(F)n1. The van der Waals surface area contributed by atoms with Gasteiger partial charge < -0.3 is 10.4 Å². The Balaban J connectivity index is 2.35. The third kappa shape index (κ3) is 2.69. The zero-order valence-corrected chi connectivity index (χ0v) is 9.91. The Morgan fingerprint density at radius 2 is 2.00 bits per heavy atom. The molecule has 0 saturated carbocycles. The van der Waals surface area contributed by atoms with Crippen LogP contribution in [0.5, 0.6) is 5.75 Å². The van der Waals surface area contributed by atoms with E-state index in [0.29, 0.717) is 0 Å². The first-order valence-electron chi connectivity index (χ1n) is 5.39. The van der Waals surface area contributed by atoms with Gasteiger partial charge in [-0.1, -0.05) is 12.1 Å². The fourth-order valence-electron chi connectivity index (χ4n) is 1.52. The summed E-state index contributed by atoms with van der Waals surface area (Å²) in [6, 6.07) is 7.14. The Labute approximate surface area is 111 Å². The van der Waals surface area contributed by atoms with Gasteiger partial charge in [-0.3, -0.25) is 14.9 Å². The minimum atomic E-state index is -0.867. The molecule has 0 fully saturated rings. The lowest BCUT2D eigenvalue weighted by Gasteiger charge is -2.07. The van der Waals surface area contributed by atoms with Crippen molar-refractivity contribution in [1.82, 2.24) is 4.98 Å². The van der Waals surface area contributed by atoms with Crippen molar-refractivity contribution >= 4 is 17.3 Å². The van der Waals surface area contributed by atoms with Crippen LogP contribution in [-0.4, -0.2) is 20.9 Å². The number of halogens is 1. The Morgan fingerprint density at radius 3 is 2.65 bits per heavy atom. The lowest BCUT2D eigenvalue weighted by molar-refractivity contribution is -0.384. The highest BCUT2D eigenvalue weighted by molar-refractivity contribution is 6.05. The second kappa shape index (κ2) is 5.31. The van der Waals surface area contributed by atoms with Gasteiger partial charge in [0.15, 0.2) is 5.69 Å². The number of aromatic nitrogens is 1. The molecule has 0 radical (unpaired) electrons. The van der Waals surface area contributed by atoms with E-state index in [1.54, 1.807) is 0 Å². The molecule has 2 rings (SSSR count). The number of phenols is 1. The maximum absolute atomic E-state index is 12.9. The number of nitrogens with one attached hydrogen (secondary N) is 1. The normalized spacial score (nSPS) is 10.1. The molecule has 7 nitrogen and oxygen atoms in total. The van der Waals surface area contributed by atoms with Crippen molar-refractivity contribution in [3.8, 4) is 5.75 Å². The van der Waals surface area contributed by atoms with Crippen LogP contribution in [0.25, 0.3) is 0 Å². The number of rotatable bonds is 3. The van der Waals surface area contributed by atoms with E-state index in [9.17, 15) is 24.4 Å². The standard InChI is InChI=1S/C12H8FN3O4/c13-10-6-1-3-7(14-10)12(18)15-11-8(16(19)20)4-2-5-9(11)17/h1-6,17H,(H,15,18). The summed E-state index contributed by atoms with van der Waals surface area (Å²) in [4.78, 5) is 25.2. The summed E-state index contributed by atoms with van der Waals surface area (Å²) in [5.41, 5.74) is -1.11. The Hall–Kier alpha value is -3.03. The lowest BCUT2D eigenvalue weighted by atomic mass is 10.2. The molecule has 1 aromatic carbocycles. The molecular weight excluding hydrogens is 269 g/mol. The molecule has 0 atom stereocenters. The molecule has 0 aliphatic rings. The number of aromatic hydroxyl groups is 1. The van der Waals surface area contributed by atoms with Crippen molar-refractivity contribution in [3.63, 3.8) is 0 Å². The minimum absolute atomic E-state index is 0.262. The summed E-state index contributed by atoms with van der Waals surface area (Å²) in [5.74, 6) is -2.19. The van der Waals surface area contributed by atoms with E-state index in [1.807, 2.05) is 0 Å². The average molecular weight is 277 g/mol. The highest BCUT2D eigenvalue weighted by atomic mass is 19.1. The van der Waals surface area contributed by atoms with E-state index in [1.165, 1.54) is 24.3 Å². The number of carbonyl (C=O) groups is 1. The smallest absolute Gasteiger partial charge is 0.296 e. The number of anilines is 1. The maximum atomic E-state index is 12.9. The average Bonchev–Trinajstić information content (AvgIpc) is 2.40. The van der Waals surface area contributed by atoms with E-state index in [0.717, 1.165) is 12.1 Å².